The summed E-state index contributed by atoms with van der Waals surface area (Å²) in [5.41, 5.74) is 1.61. The maximum atomic E-state index is 13.2. The van der Waals surface area contributed by atoms with Crippen molar-refractivity contribution in [3.8, 4) is 5.75 Å². The van der Waals surface area contributed by atoms with E-state index in [-0.39, 0.29) is 22.9 Å². The van der Waals surface area contributed by atoms with E-state index in [1.165, 1.54) is 0 Å². The number of rotatable bonds is 5. The van der Waals surface area contributed by atoms with E-state index in [1.54, 1.807) is 35.7 Å². The standard InChI is InChI=1S/C24H30N2O4S/c1-18-6-3-4-17-26(18)31(28,29)22-14-10-20(11-15-22)24(27)25-16-5-7-23(25)19-8-12-21(30-2)13-9-19/h8-15,18,23H,3-7,16-17H2,1-2H3/t18-,23-/m0/s1. The fourth-order valence-corrected chi connectivity index (χ4v) is 6.38. The van der Waals surface area contributed by atoms with Crippen molar-refractivity contribution >= 4 is 15.9 Å². The van der Waals surface area contributed by atoms with Crippen LogP contribution in [0.25, 0.3) is 0 Å². The lowest BCUT2D eigenvalue weighted by Crippen LogP contribution is -2.41. The van der Waals surface area contributed by atoms with Crippen molar-refractivity contribution in [3.63, 3.8) is 0 Å². The molecule has 0 spiro atoms. The number of sulfonamides is 1. The van der Waals surface area contributed by atoms with Gasteiger partial charge in [-0.05, 0) is 74.6 Å². The first-order valence-electron chi connectivity index (χ1n) is 11.0. The highest BCUT2D eigenvalue weighted by molar-refractivity contribution is 7.89. The maximum Gasteiger partial charge on any atom is 0.254 e. The van der Waals surface area contributed by atoms with Crippen LogP contribution in [0.3, 0.4) is 0 Å². The monoisotopic (exact) mass is 442 g/mol. The molecule has 6 nitrogen and oxygen atoms in total. The van der Waals surface area contributed by atoms with Crippen molar-refractivity contribution in [1.82, 2.24) is 9.21 Å². The van der Waals surface area contributed by atoms with Gasteiger partial charge in [-0.3, -0.25) is 4.79 Å². The highest BCUT2D eigenvalue weighted by Crippen LogP contribution is 2.34. The molecule has 2 aliphatic rings. The summed E-state index contributed by atoms with van der Waals surface area (Å²) in [7, 11) is -1.90. The number of hydrogen-bond acceptors (Lipinski definition) is 4. The Labute approximate surface area is 184 Å². The van der Waals surface area contributed by atoms with Gasteiger partial charge in [0, 0.05) is 24.7 Å². The van der Waals surface area contributed by atoms with Crippen LogP contribution in [0.5, 0.6) is 5.75 Å². The second-order valence-electron chi connectivity index (χ2n) is 8.41. The molecule has 0 aromatic heterocycles. The summed E-state index contributed by atoms with van der Waals surface area (Å²) in [6, 6.07) is 14.3. The molecule has 2 fully saturated rings. The van der Waals surface area contributed by atoms with E-state index in [9.17, 15) is 13.2 Å². The van der Waals surface area contributed by atoms with Gasteiger partial charge in [-0.25, -0.2) is 8.42 Å². The number of ether oxygens (including phenoxy) is 1. The highest BCUT2D eigenvalue weighted by Gasteiger charge is 2.33. The Morgan fingerprint density at radius 1 is 0.935 bits per heavy atom. The van der Waals surface area contributed by atoms with Gasteiger partial charge in [0.25, 0.3) is 5.91 Å². The highest BCUT2D eigenvalue weighted by atomic mass is 32.2. The topological polar surface area (TPSA) is 66.9 Å². The third-order valence-corrected chi connectivity index (χ3v) is 8.49. The molecule has 0 saturated carbocycles. The Hall–Kier alpha value is -2.38. The molecule has 4 rings (SSSR count). The van der Waals surface area contributed by atoms with Crippen LogP contribution in [0, 0.1) is 0 Å². The first kappa shape index (κ1) is 21.8. The molecule has 0 aliphatic carbocycles. The largest absolute Gasteiger partial charge is 0.497 e. The minimum absolute atomic E-state index is 0.00918. The van der Waals surface area contributed by atoms with Crippen LogP contribution in [-0.2, 0) is 10.0 Å². The summed E-state index contributed by atoms with van der Waals surface area (Å²) in [5, 5.41) is 0. The second kappa shape index (κ2) is 9.01. The predicted molar refractivity (Wildman–Crippen MR) is 120 cm³/mol. The number of benzene rings is 2. The summed E-state index contributed by atoms with van der Waals surface area (Å²) in [5.74, 6) is 0.730. The van der Waals surface area contributed by atoms with Gasteiger partial charge in [-0.2, -0.15) is 4.31 Å². The molecule has 31 heavy (non-hydrogen) atoms. The molecule has 166 valence electrons. The van der Waals surface area contributed by atoms with Crippen LogP contribution in [-0.4, -0.2) is 49.8 Å². The molecule has 0 unspecified atom stereocenters. The Morgan fingerprint density at radius 2 is 1.65 bits per heavy atom. The van der Waals surface area contributed by atoms with Crippen LogP contribution < -0.4 is 4.74 Å². The number of carbonyl (C=O) groups excluding carboxylic acids is 1. The summed E-state index contributed by atoms with van der Waals surface area (Å²) < 4.78 is 32.9. The third kappa shape index (κ3) is 4.34. The molecule has 2 aromatic rings. The number of methoxy groups -OCH3 is 1. The van der Waals surface area contributed by atoms with Gasteiger partial charge >= 0.3 is 0 Å². The summed E-state index contributed by atoms with van der Waals surface area (Å²) in [4.78, 5) is 15.4. The van der Waals surface area contributed by atoms with Gasteiger partial charge in [0.15, 0.2) is 0 Å². The van der Waals surface area contributed by atoms with E-state index in [0.29, 0.717) is 18.7 Å². The number of nitrogens with zero attached hydrogens (tertiary/aromatic N) is 2. The minimum atomic E-state index is -3.54. The van der Waals surface area contributed by atoms with Crippen molar-refractivity contribution in [2.75, 3.05) is 20.2 Å². The molecule has 0 N–H and O–H groups in total. The Kier molecular flexibility index (Phi) is 6.34. The van der Waals surface area contributed by atoms with Gasteiger partial charge in [0.1, 0.15) is 5.75 Å². The molecular weight excluding hydrogens is 412 g/mol. The average molecular weight is 443 g/mol. The van der Waals surface area contributed by atoms with E-state index in [1.807, 2.05) is 36.1 Å². The molecule has 0 radical (unpaired) electrons. The normalized spacial score (nSPS) is 22.5. The smallest absolute Gasteiger partial charge is 0.254 e. The van der Waals surface area contributed by atoms with Crippen molar-refractivity contribution in [2.24, 2.45) is 0 Å². The zero-order valence-corrected chi connectivity index (χ0v) is 19.0. The van der Waals surface area contributed by atoms with E-state index in [2.05, 4.69) is 0 Å². The van der Waals surface area contributed by atoms with Crippen LogP contribution in [0.2, 0.25) is 0 Å². The van der Waals surface area contributed by atoms with Crippen LogP contribution >= 0.6 is 0 Å². The molecule has 2 saturated heterocycles. The second-order valence-corrected chi connectivity index (χ2v) is 10.3. The van der Waals surface area contributed by atoms with E-state index in [0.717, 1.165) is 43.4 Å². The molecule has 7 heteroatoms. The molecular formula is C24H30N2O4S. The summed E-state index contributed by atoms with van der Waals surface area (Å²) >= 11 is 0. The third-order valence-electron chi connectivity index (χ3n) is 6.46. The lowest BCUT2D eigenvalue weighted by Gasteiger charge is -2.32. The molecule has 2 aliphatic heterocycles. The van der Waals surface area contributed by atoms with E-state index < -0.39 is 10.0 Å². The summed E-state index contributed by atoms with van der Waals surface area (Å²) in [6.07, 6.45) is 4.70. The zero-order valence-electron chi connectivity index (χ0n) is 18.2. The lowest BCUT2D eigenvalue weighted by molar-refractivity contribution is 0.0735. The lowest BCUT2D eigenvalue weighted by atomic mass is 10.0. The number of carbonyl (C=O) groups is 1. The first-order chi connectivity index (χ1) is 14.9. The Bertz CT molecular complexity index is 1020. The number of piperidine rings is 1. The molecule has 2 atom stereocenters. The Morgan fingerprint density at radius 3 is 2.29 bits per heavy atom. The summed E-state index contributed by atoms with van der Waals surface area (Å²) in [6.45, 7) is 3.21. The van der Waals surface area contributed by atoms with E-state index in [4.69, 9.17) is 4.74 Å². The average Bonchev–Trinajstić information content (AvgIpc) is 3.29. The van der Waals surface area contributed by atoms with Gasteiger partial charge in [0.2, 0.25) is 10.0 Å². The number of hydrogen-bond donors (Lipinski definition) is 0. The molecule has 0 bridgehead atoms. The van der Waals surface area contributed by atoms with Crippen LogP contribution in [0.15, 0.2) is 53.4 Å². The van der Waals surface area contributed by atoms with Crippen molar-refractivity contribution in [3.05, 3.63) is 59.7 Å². The van der Waals surface area contributed by atoms with E-state index >= 15 is 0 Å². The SMILES string of the molecule is COc1ccc([C@@H]2CCCN2C(=O)c2ccc(S(=O)(=O)N3CCCC[C@@H]3C)cc2)cc1. The zero-order chi connectivity index (χ0) is 22.0. The van der Waals surface area contributed by atoms with Crippen molar-refractivity contribution < 1.29 is 17.9 Å². The maximum absolute atomic E-state index is 13.2. The predicted octanol–water partition coefficient (Wildman–Crippen LogP) is 4.24. The fraction of sp³-hybridized carbons (Fsp3) is 0.458. The van der Waals surface area contributed by atoms with Crippen molar-refractivity contribution in [1.29, 1.82) is 0 Å². The number of amides is 1. The van der Waals surface area contributed by atoms with Gasteiger partial charge in [-0.1, -0.05) is 18.6 Å². The van der Waals surface area contributed by atoms with Crippen LogP contribution in [0.1, 0.15) is 61.0 Å². The van der Waals surface area contributed by atoms with Gasteiger partial charge in [0.05, 0.1) is 18.0 Å². The number of likely N-dealkylation sites (tertiary alicyclic amines) is 1. The van der Waals surface area contributed by atoms with Gasteiger partial charge in [-0.15, -0.1) is 0 Å². The molecule has 2 aromatic carbocycles. The van der Waals surface area contributed by atoms with Gasteiger partial charge < -0.3 is 9.64 Å². The quantitative estimate of drug-likeness (QED) is 0.695. The molecule has 2 heterocycles. The first-order valence-corrected chi connectivity index (χ1v) is 12.4. The minimum Gasteiger partial charge on any atom is -0.497 e. The van der Waals surface area contributed by atoms with Crippen LogP contribution in [0.4, 0.5) is 0 Å². The molecule has 1 amide bonds. The Balaban J connectivity index is 1.52. The fourth-order valence-electron chi connectivity index (χ4n) is 4.68. The van der Waals surface area contributed by atoms with Crippen molar-refractivity contribution in [2.45, 2.75) is 56.0 Å².